The predicted octanol–water partition coefficient (Wildman–Crippen LogP) is 0.807. The molecule has 5 nitrogen and oxygen atoms in total. The van der Waals surface area contributed by atoms with Crippen molar-refractivity contribution >= 4 is 0 Å². The molecule has 1 aliphatic carbocycles. The molecule has 1 fully saturated rings. The molecule has 2 rings (SSSR count). The second-order valence-corrected chi connectivity index (χ2v) is 4.11. The van der Waals surface area contributed by atoms with E-state index in [2.05, 4.69) is 10.3 Å². The Hall–Kier alpha value is -0.940. The molecule has 0 amide bonds. The van der Waals surface area contributed by atoms with E-state index in [9.17, 15) is 10.2 Å². The van der Waals surface area contributed by atoms with Gasteiger partial charge in [-0.05, 0) is 25.7 Å². The van der Waals surface area contributed by atoms with Crippen molar-refractivity contribution < 1.29 is 10.2 Å². The number of rotatable bonds is 3. The smallest absolute Gasteiger partial charge is 0.111 e. The first-order chi connectivity index (χ1) is 7.22. The average Bonchev–Trinajstić information content (AvgIpc) is 2.84. The van der Waals surface area contributed by atoms with Gasteiger partial charge in [-0.2, -0.15) is 0 Å². The third kappa shape index (κ3) is 2.03. The van der Waals surface area contributed by atoms with Crippen LogP contribution in [0.1, 0.15) is 50.4 Å². The van der Waals surface area contributed by atoms with Crippen molar-refractivity contribution in [2.75, 3.05) is 0 Å². The second kappa shape index (κ2) is 4.28. The van der Waals surface area contributed by atoms with Crippen molar-refractivity contribution in [3.8, 4) is 0 Å². The lowest BCUT2D eigenvalue weighted by molar-refractivity contribution is 0.129. The van der Waals surface area contributed by atoms with Gasteiger partial charge in [-0.25, -0.2) is 4.68 Å². The van der Waals surface area contributed by atoms with Crippen molar-refractivity contribution in [3.63, 3.8) is 0 Å². The zero-order valence-corrected chi connectivity index (χ0v) is 8.87. The van der Waals surface area contributed by atoms with E-state index in [-0.39, 0.29) is 12.1 Å². The summed E-state index contributed by atoms with van der Waals surface area (Å²) < 4.78 is 1.69. The fourth-order valence-electron chi connectivity index (χ4n) is 2.04. The van der Waals surface area contributed by atoms with Gasteiger partial charge in [0.2, 0.25) is 0 Å². The third-order valence-corrected chi connectivity index (χ3v) is 3.04. The summed E-state index contributed by atoms with van der Waals surface area (Å²) in [6.07, 6.45) is 4.30. The molecule has 3 unspecified atom stereocenters. The molecule has 0 aromatic carbocycles. The highest BCUT2D eigenvalue weighted by atomic mass is 16.3. The van der Waals surface area contributed by atoms with E-state index >= 15 is 0 Å². The summed E-state index contributed by atoms with van der Waals surface area (Å²) >= 11 is 0. The average molecular weight is 211 g/mol. The molecule has 1 aliphatic rings. The van der Waals surface area contributed by atoms with E-state index in [0.29, 0.717) is 12.1 Å². The number of nitrogens with zero attached hydrogens (tertiary/aromatic N) is 3. The van der Waals surface area contributed by atoms with Gasteiger partial charge in [-0.3, -0.25) is 0 Å². The summed E-state index contributed by atoms with van der Waals surface area (Å²) in [6, 6.07) is 0.0373. The van der Waals surface area contributed by atoms with Crippen molar-refractivity contribution in [2.24, 2.45) is 0 Å². The molecule has 1 aromatic heterocycles. The molecular formula is C10H17N3O2. The van der Waals surface area contributed by atoms with Crippen molar-refractivity contribution in [1.82, 2.24) is 15.0 Å². The molecular weight excluding hydrogens is 194 g/mol. The van der Waals surface area contributed by atoms with E-state index in [0.717, 1.165) is 19.3 Å². The fraction of sp³-hybridized carbons (Fsp3) is 0.800. The van der Waals surface area contributed by atoms with Crippen molar-refractivity contribution in [2.45, 2.75) is 50.9 Å². The van der Waals surface area contributed by atoms with Gasteiger partial charge in [0, 0.05) is 0 Å². The van der Waals surface area contributed by atoms with E-state index < -0.39 is 6.10 Å². The standard InChI is InChI=1S/C10H17N3O2/c1-2-9(14)7-6-13(12-11-7)8-4-3-5-10(8)15/h6,8-10,14-15H,2-5H2,1H3. The Morgan fingerprint density at radius 2 is 2.40 bits per heavy atom. The van der Waals surface area contributed by atoms with Gasteiger partial charge >= 0.3 is 0 Å². The van der Waals surface area contributed by atoms with Crippen molar-refractivity contribution in [1.29, 1.82) is 0 Å². The second-order valence-electron chi connectivity index (χ2n) is 4.11. The number of hydrogen-bond acceptors (Lipinski definition) is 4. The highest BCUT2D eigenvalue weighted by Crippen LogP contribution is 2.29. The van der Waals surface area contributed by atoms with Crippen LogP contribution >= 0.6 is 0 Å². The summed E-state index contributed by atoms with van der Waals surface area (Å²) in [7, 11) is 0. The van der Waals surface area contributed by atoms with E-state index in [4.69, 9.17) is 0 Å². The van der Waals surface area contributed by atoms with Gasteiger partial charge < -0.3 is 10.2 Å². The Labute approximate surface area is 88.7 Å². The summed E-state index contributed by atoms with van der Waals surface area (Å²) in [5.74, 6) is 0. The quantitative estimate of drug-likeness (QED) is 0.776. The van der Waals surface area contributed by atoms with Crippen LogP contribution in [0, 0.1) is 0 Å². The fourth-order valence-corrected chi connectivity index (χ4v) is 2.04. The minimum absolute atomic E-state index is 0.0373. The predicted molar refractivity (Wildman–Crippen MR) is 54.2 cm³/mol. The van der Waals surface area contributed by atoms with Gasteiger partial charge in [0.25, 0.3) is 0 Å². The lowest BCUT2D eigenvalue weighted by atomic mass is 10.2. The number of aromatic nitrogens is 3. The molecule has 1 saturated carbocycles. The van der Waals surface area contributed by atoms with Crippen LogP contribution in [-0.2, 0) is 0 Å². The highest BCUT2D eigenvalue weighted by Gasteiger charge is 2.28. The molecule has 0 radical (unpaired) electrons. The third-order valence-electron chi connectivity index (χ3n) is 3.04. The zero-order chi connectivity index (χ0) is 10.8. The molecule has 0 saturated heterocycles. The first kappa shape index (κ1) is 10.6. The van der Waals surface area contributed by atoms with Crippen LogP contribution in [0.2, 0.25) is 0 Å². The molecule has 0 spiro atoms. The van der Waals surface area contributed by atoms with E-state index in [1.54, 1.807) is 10.9 Å². The number of hydrogen-bond donors (Lipinski definition) is 2. The molecule has 2 N–H and O–H groups in total. The Morgan fingerprint density at radius 3 is 3.00 bits per heavy atom. The van der Waals surface area contributed by atoms with E-state index in [1.165, 1.54) is 0 Å². The molecule has 15 heavy (non-hydrogen) atoms. The minimum atomic E-state index is -0.544. The van der Waals surface area contributed by atoms with Gasteiger partial charge in [0.15, 0.2) is 0 Å². The first-order valence-corrected chi connectivity index (χ1v) is 5.50. The van der Waals surface area contributed by atoms with Crippen LogP contribution in [0.4, 0.5) is 0 Å². The monoisotopic (exact) mass is 211 g/mol. The lowest BCUT2D eigenvalue weighted by Gasteiger charge is -2.13. The molecule has 3 atom stereocenters. The minimum Gasteiger partial charge on any atom is -0.391 e. The Balaban J connectivity index is 2.12. The highest BCUT2D eigenvalue weighted by molar-refractivity contribution is 4.99. The van der Waals surface area contributed by atoms with Crippen LogP contribution < -0.4 is 0 Å². The molecule has 84 valence electrons. The van der Waals surface area contributed by atoms with Crippen LogP contribution in [0.25, 0.3) is 0 Å². The topological polar surface area (TPSA) is 71.2 Å². The van der Waals surface area contributed by atoms with Crippen LogP contribution in [0.3, 0.4) is 0 Å². The molecule has 0 aliphatic heterocycles. The summed E-state index contributed by atoms with van der Waals surface area (Å²) in [4.78, 5) is 0. The SMILES string of the molecule is CCC(O)c1cn(C2CCCC2O)nn1. The Bertz CT molecular complexity index is 326. The maximum atomic E-state index is 9.70. The number of aliphatic hydroxyl groups excluding tert-OH is 2. The summed E-state index contributed by atoms with van der Waals surface area (Å²) in [5, 5.41) is 27.2. The molecule has 0 bridgehead atoms. The summed E-state index contributed by atoms with van der Waals surface area (Å²) in [5.41, 5.74) is 0.594. The van der Waals surface area contributed by atoms with Crippen molar-refractivity contribution in [3.05, 3.63) is 11.9 Å². The largest absolute Gasteiger partial charge is 0.391 e. The maximum Gasteiger partial charge on any atom is 0.111 e. The van der Waals surface area contributed by atoms with Gasteiger partial charge in [-0.1, -0.05) is 12.1 Å². The van der Waals surface area contributed by atoms with E-state index in [1.807, 2.05) is 6.92 Å². The molecule has 1 aromatic rings. The number of aliphatic hydroxyl groups is 2. The Kier molecular flexibility index (Phi) is 3.02. The maximum absolute atomic E-state index is 9.70. The van der Waals surface area contributed by atoms with Crippen LogP contribution in [0.5, 0.6) is 0 Å². The summed E-state index contributed by atoms with van der Waals surface area (Å²) in [6.45, 7) is 1.90. The zero-order valence-electron chi connectivity index (χ0n) is 8.87. The normalized spacial score (nSPS) is 28.2. The van der Waals surface area contributed by atoms with Gasteiger partial charge in [0.1, 0.15) is 5.69 Å². The van der Waals surface area contributed by atoms with Crippen LogP contribution in [-0.4, -0.2) is 31.3 Å². The molecule has 1 heterocycles. The van der Waals surface area contributed by atoms with Crippen LogP contribution in [0.15, 0.2) is 6.20 Å². The molecule has 5 heteroatoms. The Morgan fingerprint density at radius 1 is 1.60 bits per heavy atom. The van der Waals surface area contributed by atoms with Gasteiger partial charge in [-0.15, -0.1) is 5.10 Å². The lowest BCUT2D eigenvalue weighted by Crippen LogP contribution is -2.18. The van der Waals surface area contributed by atoms with Gasteiger partial charge in [0.05, 0.1) is 24.4 Å². The first-order valence-electron chi connectivity index (χ1n) is 5.50.